The Bertz CT molecular complexity index is 1350. The number of hydrogen-bond acceptors (Lipinski definition) is 8. The van der Waals surface area contributed by atoms with Gasteiger partial charge in [-0.1, -0.05) is 0 Å². The summed E-state index contributed by atoms with van der Waals surface area (Å²) >= 11 is 1.66. The van der Waals surface area contributed by atoms with Gasteiger partial charge in [0.15, 0.2) is 0 Å². The number of rotatable bonds is 7. The zero-order chi connectivity index (χ0) is 23.8. The molecule has 2 atom stereocenters. The molecule has 1 aliphatic rings. The van der Waals surface area contributed by atoms with Gasteiger partial charge in [-0.05, 0) is 37.8 Å². The number of carbonyl (C=O) groups excluding carboxylic acids is 1. The molecule has 4 aromatic rings. The highest BCUT2D eigenvalue weighted by atomic mass is 32.1. The lowest BCUT2D eigenvalue weighted by atomic mass is 9.87. The molecule has 0 aliphatic heterocycles. The molecule has 0 spiro atoms. The predicted molar refractivity (Wildman–Crippen MR) is 133 cm³/mol. The van der Waals surface area contributed by atoms with Crippen LogP contribution in [0.25, 0.3) is 21.1 Å². The molecule has 10 heteroatoms. The van der Waals surface area contributed by atoms with Crippen molar-refractivity contribution in [3.8, 4) is 5.75 Å². The van der Waals surface area contributed by atoms with Crippen LogP contribution in [-0.2, 0) is 22.4 Å². The van der Waals surface area contributed by atoms with Crippen LogP contribution < -0.4 is 10.1 Å². The molecular formula is C24H28N6O3S. The second-order valence-corrected chi connectivity index (χ2v) is 9.83. The van der Waals surface area contributed by atoms with Gasteiger partial charge < -0.3 is 19.7 Å². The molecule has 0 bridgehead atoms. The summed E-state index contributed by atoms with van der Waals surface area (Å²) in [6, 6.07) is 3.92. The Hall–Kier alpha value is -3.24. The summed E-state index contributed by atoms with van der Waals surface area (Å²) in [6.07, 6.45) is 5.73. The first-order valence-corrected chi connectivity index (χ1v) is 12.1. The average molecular weight is 481 g/mol. The van der Waals surface area contributed by atoms with E-state index in [9.17, 15) is 4.79 Å². The Morgan fingerprint density at radius 2 is 2.21 bits per heavy atom. The third-order valence-corrected chi connectivity index (χ3v) is 7.68. The van der Waals surface area contributed by atoms with Crippen LogP contribution in [0.5, 0.6) is 5.75 Å². The SMILES string of the molecule is COc1cc2[nH]ncc2cc1Nc1ncnc2sc3c(c12)CCC(C(=O)N(C)CC(C)OC)C3. The van der Waals surface area contributed by atoms with Crippen LogP contribution in [-0.4, -0.2) is 64.9 Å². The minimum absolute atomic E-state index is 0.0135. The first-order chi connectivity index (χ1) is 16.5. The van der Waals surface area contributed by atoms with Crippen molar-refractivity contribution in [1.29, 1.82) is 0 Å². The lowest BCUT2D eigenvalue weighted by molar-refractivity contribution is -0.135. The Kier molecular flexibility index (Phi) is 6.09. The number of benzene rings is 1. The Labute approximate surface area is 201 Å². The number of nitrogens with one attached hydrogen (secondary N) is 2. The molecule has 1 aliphatic carbocycles. The van der Waals surface area contributed by atoms with E-state index in [1.807, 2.05) is 26.1 Å². The highest BCUT2D eigenvalue weighted by molar-refractivity contribution is 7.19. The largest absolute Gasteiger partial charge is 0.494 e. The van der Waals surface area contributed by atoms with Gasteiger partial charge in [-0.25, -0.2) is 9.97 Å². The highest BCUT2D eigenvalue weighted by Gasteiger charge is 2.31. The van der Waals surface area contributed by atoms with Crippen molar-refractivity contribution in [2.75, 3.05) is 33.1 Å². The van der Waals surface area contributed by atoms with E-state index in [0.29, 0.717) is 12.3 Å². The van der Waals surface area contributed by atoms with E-state index >= 15 is 0 Å². The summed E-state index contributed by atoms with van der Waals surface area (Å²) in [5.74, 6) is 1.60. The van der Waals surface area contributed by atoms with Gasteiger partial charge in [0.25, 0.3) is 0 Å². The van der Waals surface area contributed by atoms with Crippen LogP contribution in [0.4, 0.5) is 11.5 Å². The normalized spacial score (nSPS) is 16.4. The fourth-order valence-electron chi connectivity index (χ4n) is 4.64. The third-order valence-electron chi connectivity index (χ3n) is 6.52. The molecule has 1 aromatic carbocycles. The van der Waals surface area contributed by atoms with Gasteiger partial charge in [-0.2, -0.15) is 5.10 Å². The van der Waals surface area contributed by atoms with Gasteiger partial charge in [0.05, 0.1) is 36.0 Å². The number of H-pyrrole nitrogens is 1. The van der Waals surface area contributed by atoms with E-state index in [1.54, 1.807) is 43.0 Å². The molecule has 34 heavy (non-hydrogen) atoms. The summed E-state index contributed by atoms with van der Waals surface area (Å²) in [5, 5.41) is 12.6. The van der Waals surface area contributed by atoms with Crippen LogP contribution in [0.2, 0.25) is 0 Å². The topological polar surface area (TPSA) is 105 Å². The van der Waals surface area contributed by atoms with Gasteiger partial charge >= 0.3 is 0 Å². The van der Waals surface area contributed by atoms with Crippen LogP contribution in [0, 0.1) is 5.92 Å². The van der Waals surface area contributed by atoms with Gasteiger partial charge in [-0.3, -0.25) is 9.89 Å². The number of hydrogen-bond donors (Lipinski definition) is 2. The molecule has 3 aromatic heterocycles. The molecule has 0 radical (unpaired) electrons. The summed E-state index contributed by atoms with van der Waals surface area (Å²) in [6.45, 7) is 2.56. The van der Waals surface area contributed by atoms with Crippen LogP contribution >= 0.6 is 11.3 Å². The predicted octanol–water partition coefficient (Wildman–Crippen LogP) is 3.92. The number of thiophene rings is 1. The van der Waals surface area contributed by atoms with Crippen LogP contribution in [0.1, 0.15) is 23.8 Å². The Morgan fingerprint density at radius 3 is 3.00 bits per heavy atom. The van der Waals surface area contributed by atoms with Gasteiger partial charge in [0, 0.05) is 42.9 Å². The van der Waals surface area contributed by atoms with Gasteiger partial charge in [-0.15, -0.1) is 11.3 Å². The zero-order valence-electron chi connectivity index (χ0n) is 19.7. The Balaban J connectivity index is 1.44. The molecule has 0 saturated carbocycles. The first-order valence-electron chi connectivity index (χ1n) is 11.3. The number of carbonyl (C=O) groups is 1. The summed E-state index contributed by atoms with van der Waals surface area (Å²) in [7, 11) is 5.17. The fraction of sp³-hybridized carbons (Fsp3) is 0.417. The monoisotopic (exact) mass is 480 g/mol. The van der Waals surface area contributed by atoms with Crippen LogP contribution in [0.15, 0.2) is 24.7 Å². The van der Waals surface area contributed by atoms with E-state index in [0.717, 1.165) is 51.9 Å². The minimum Gasteiger partial charge on any atom is -0.494 e. The summed E-state index contributed by atoms with van der Waals surface area (Å²) in [5.41, 5.74) is 2.96. The number of aromatic amines is 1. The minimum atomic E-state index is -0.0254. The molecular weight excluding hydrogens is 452 g/mol. The fourth-order valence-corrected chi connectivity index (χ4v) is 5.91. The molecule has 3 heterocycles. The molecule has 0 fully saturated rings. The second kappa shape index (κ2) is 9.19. The van der Waals surface area contributed by atoms with Crippen molar-refractivity contribution in [3.63, 3.8) is 0 Å². The quantitative estimate of drug-likeness (QED) is 0.413. The standard InChI is InChI=1S/C24H28N6O3S/c1-13(32-3)11-30(2)24(31)14-5-6-16-20(8-14)34-23-21(16)22(25-12-26-23)28-18-7-15-10-27-29-17(15)9-19(18)33-4/h7,9-10,12-14H,5-6,8,11H2,1-4H3,(H,27,29)(H,25,26,28). The molecule has 178 valence electrons. The van der Waals surface area contributed by atoms with Crippen molar-refractivity contribution < 1.29 is 14.3 Å². The van der Waals surface area contributed by atoms with Crippen LogP contribution in [0.3, 0.4) is 0 Å². The number of likely N-dealkylation sites (N-methyl/N-ethyl adjacent to an activating group) is 1. The smallest absolute Gasteiger partial charge is 0.225 e. The molecule has 9 nitrogen and oxygen atoms in total. The molecule has 0 saturated heterocycles. The number of anilines is 2. The summed E-state index contributed by atoms with van der Waals surface area (Å²) < 4.78 is 10.9. The average Bonchev–Trinajstić information content (AvgIpc) is 3.46. The maximum Gasteiger partial charge on any atom is 0.225 e. The molecule has 1 amide bonds. The third kappa shape index (κ3) is 4.07. The van der Waals surface area contributed by atoms with E-state index < -0.39 is 0 Å². The molecule has 2 N–H and O–H groups in total. The number of aryl methyl sites for hydroxylation is 1. The van der Waals surface area contributed by atoms with E-state index in [-0.39, 0.29) is 17.9 Å². The van der Waals surface area contributed by atoms with Crippen molar-refractivity contribution in [2.45, 2.75) is 32.3 Å². The maximum atomic E-state index is 13.1. The molecule has 5 rings (SSSR count). The van der Waals surface area contributed by atoms with Crippen molar-refractivity contribution in [2.24, 2.45) is 5.92 Å². The van der Waals surface area contributed by atoms with E-state index in [2.05, 4.69) is 25.5 Å². The van der Waals surface area contributed by atoms with E-state index in [1.165, 1.54) is 10.4 Å². The second-order valence-electron chi connectivity index (χ2n) is 8.75. The van der Waals surface area contributed by atoms with E-state index in [4.69, 9.17) is 9.47 Å². The number of aromatic nitrogens is 4. The number of fused-ring (bicyclic) bond motifs is 4. The lowest BCUT2D eigenvalue weighted by Gasteiger charge is -2.28. The maximum absolute atomic E-state index is 13.1. The zero-order valence-corrected chi connectivity index (χ0v) is 20.5. The number of amides is 1. The number of nitrogens with zero attached hydrogens (tertiary/aromatic N) is 4. The lowest BCUT2D eigenvalue weighted by Crippen LogP contribution is -2.39. The van der Waals surface area contributed by atoms with Crippen molar-refractivity contribution in [1.82, 2.24) is 25.1 Å². The van der Waals surface area contributed by atoms with Gasteiger partial charge in [0.2, 0.25) is 5.91 Å². The highest BCUT2D eigenvalue weighted by Crippen LogP contribution is 2.41. The Morgan fingerprint density at radius 1 is 1.35 bits per heavy atom. The first kappa shape index (κ1) is 22.5. The summed E-state index contributed by atoms with van der Waals surface area (Å²) in [4.78, 5) is 26.1. The van der Waals surface area contributed by atoms with Crippen molar-refractivity contribution >= 4 is 49.9 Å². The molecule has 2 unspecified atom stereocenters. The number of methoxy groups -OCH3 is 2. The number of ether oxygens (including phenoxy) is 2. The van der Waals surface area contributed by atoms with Crippen molar-refractivity contribution in [3.05, 3.63) is 35.1 Å². The van der Waals surface area contributed by atoms with Gasteiger partial charge in [0.1, 0.15) is 22.7 Å².